The van der Waals surface area contributed by atoms with Crippen LogP contribution in [0, 0.1) is 10.1 Å². The molecule has 3 rings (SSSR count). The van der Waals surface area contributed by atoms with E-state index in [1.807, 2.05) is 30.3 Å². The van der Waals surface area contributed by atoms with E-state index in [9.17, 15) is 14.9 Å². The van der Waals surface area contributed by atoms with E-state index in [0.717, 1.165) is 5.56 Å². The van der Waals surface area contributed by atoms with Gasteiger partial charge in [0.25, 0.3) is 5.69 Å². The van der Waals surface area contributed by atoms with Crippen LogP contribution in [0.1, 0.15) is 17.2 Å². The largest absolute Gasteiger partial charge is 0.495 e. The number of carbonyl (C=O) groups is 1. The first-order chi connectivity index (χ1) is 14.9. The Morgan fingerprint density at radius 2 is 1.81 bits per heavy atom. The fraction of sp³-hybridized carbons (Fsp3) is 0.174. The van der Waals surface area contributed by atoms with Gasteiger partial charge >= 0.3 is 0 Å². The quantitative estimate of drug-likeness (QED) is 0.391. The minimum atomic E-state index is -0.679. The summed E-state index contributed by atoms with van der Waals surface area (Å²) >= 11 is 6.18. The summed E-state index contributed by atoms with van der Waals surface area (Å²) in [6, 6.07) is 20.1. The van der Waals surface area contributed by atoms with E-state index < -0.39 is 11.0 Å². The Kier molecular flexibility index (Phi) is 7.23. The first kappa shape index (κ1) is 22.3. The number of para-hydroxylation sites is 1. The topological polar surface area (TPSA) is 84.7 Å². The third kappa shape index (κ3) is 5.39. The third-order valence-electron chi connectivity index (χ3n) is 4.83. The summed E-state index contributed by atoms with van der Waals surface area (Å²) in [5, 5.41) is 14.6. The molecule has 160 valence electrons. The van der Waals surface area contributed by atoms with Gasteiger partial charge in [0.15, 0.2) is 0 Å². The zero-order chi connectivity index (χ0) is 22.4. The average molecular weight is 440 g/mol. The molecule has 3 aromatic carbocycles. The number of ether oxygens (including phenoxy) is 1. The van der Waals surface area contributed by atoms with Crippen molar-refractivity contribution in [3.05, 3.63) is 99.1 Å². The SMILES string of the molecule is COc1ccc(NC(=O)C(c2ccccc2)N(C)Cc2ccccc2[N+](=O)[O-])cc1Cl. The second-order valence-corrected chi connectivity index (χ2v) is 7.36. The number of nitro benzene ring substituents is 1. The zero-order valence-electron chi connectivity index (χ0n) is 17.1. The zero-order valence-corrected chi connectivity index (χ0v) is 17.9. The molecule has 0 heterocycles. The van der Waals surface area contributed by atoms with Crippen LogP contribution in [0.2, 0.25) is 5.02 Å². The highest BCUT2D eigenvalue weighted by atomic mass is 35.5. The van der Waals surface area contributed by atoms with E-state index >= 15 is 0 Å². The molecule has 0 radical (unpaired) electrons. The molecule has 1 unspecified atom stereocenters. The number of halogens is 1. The molecule has 0 spiro atoms. The van der Waals surface area contributed by atoms with Gasteiger partial charge in [0, 0.05) is 23.9 Å². The highest BCUT2D eigenvalue weighted by Crippen LogP contribution is 2.30. The number of nitrogens with one attached hydrogen (secondary N) is 1. The van der Waals surface area contributed by atoms with Gasteiger partial charge in [-0.25, -0.2) is 0 Å². The number of nitrogens with zero attached hydrogens (tertiary/aromatic N) is 2. The number of amides is 1. The van der Waals surface area contributed by atoms with E-state index in [-0.39, 0.29) is 18.1 Å². The fourth-order valence-corrected chi connectivity index (χ4v) is 3.64. The Balaban J connectivity index is 1.89. The Morgan fingerprint density at radius 3 is 2.45 bits per heavy atom. The molecule has 0 aliphatic heterocycles. The number of hydrogen-bond donors (Lipinski definition) is 1. The number of likely N-dealkylation sites (N-methyl/N-ethyl adjacent to an activating group) is 1. The summed E-state index contributed by atoms with van der Waals surface area (Å²) in [5.41, 5.74) is 1.83. The highest BCUT2D eigenvalue weighted by molar-refractivity contribution is 6.32. The Labute approximate surface area is 185 Å². The van der Waals surface area contributed by atoms with E-state index in [2.05, 4.69) is 5.32 Å². The van der Waals surface area contributed by atoms with E-state index in [0.29, 0.717) is 22.0 Å². The molecule has 0 saturated heterocycles. The molecule has 0 fully saturated rings. The number of rotatable bonds is 8. The van der Waals surface area contributed by atoms with Gasteiger partial charge in [-0.15, -0.1) is 0 Å². The van der Waals surface area contributed by atoms with Crippen molar-refractivity contribution in [2.24, 2.45) is 0 Å². The van der Waals surface area contributed by atoms with Crippen LogP contribution in [0.15, 0.2) is 72.8 Å². The second kappa shape index (κ2) is 10.1. The fourth-order valence-electron chi connectivity index (χ4n) is 3.38. The molecule has 0 aliphatic carbocycles. The highest BCUT2D eigenvalue weighted by Gasteiger charge is 2.27. The Hall–Kier alpha value is -3.42. The standard InChI is InChI=1S/C23H22ClN3O4/c1-26(15-17-10-6-7-11-20(17)27(29)30)22(16-8-4-3-5-9-16)23(28)25-18-12-13-21(31-2)19(24)14-18/h3-14,22H,15H2,1-2H3,(H,25,28). The number of methoxy groups -OCH3 is 1. The smallest absolute Gasteiger partial charge is 0.273 e. The van der Waals surface area contributed by atoms with Gasteiger partial charge in [0.2, 0.25) is 5.91 Å². The van der Waals surface area contributed by atoms with Gasteiger partial charge < -0.3 is 10.1 Å². The molecule has 0 bridgehead atoms. The van der Waals surface area contributed by atoms with Crippen LogP contribution in [0.3, 0.4) is 0 Å². The van der Waals surface area contributed by atoms with Crippen molar-refractivity contribution >= 4 is 28.9 Å². The van der Waals surface area contributed by atoms with Crippen LogP contribution in [-0.2, 0) is 11.3 Å². The van der Waals surface area contributed by atoms with Gasteiger partial charge in [-0.1, -0.05) is 60.1 Å². The van der Waals surface area contributed by atoms with E-state index in [4.69, 9.17) is 16.3 Å². The van der Waals surface area contributed by atoms with Gasteiger partial charge in [0.1, 0.15) is 11.8 Å². The van der Waals surface area contributed by atoms with Crippen molar-refractivity contribution in [1.82, 2.24) is 4.90 Å². The maximum Gasteiger partial charge on any atom is 0.273 e. The molecule has 0 saturated carbocycles. The molecule has 31 heavy (non-hydrogen) atoms. The predicted octanol–water partition coefficient (Wildman–Crippen LogP) is 5.07. The predicted molar refractivity (Wildman–Crippen MR) is 120 cm³/mol. The molecule has 1 amide bonds. The van der Waals surface area contributed by atoms with Crippen LogP contribution < -0.4 is 10.1 Å². The summed E-state index contributed by atoms with van der Waals surface area (Å²) in [4.78, 5) is 26.0. The number of benzene rings is 3. The molecule has 1 atom stereocenters. The van der Waals surface area contributed by atoms with Crippen molar-refractivity contribution in [2.75, 3.05) is 19.5 Å². The Bertz CT molecular complexity index is 1080. The summed E-state index contributed by atoms with van der Waals surface area (Å²) < 4.78 is 5.15. The van der Waals surface area contributed by atoms with Crippen LogP contribution >= 0.6 is 11.6 Å². The van der Waals surface area contributed by atoms with Crippen molar-refractivity contribution in [2.45, 2.75) is 12.6 Å². The molecule has 3 aromatic rings. The molecule has 8 heteroatoms. The molecular formula is C23H22ClN3O4. The number of anilines is 1. The van der Waals surface area contributed by atoms with E-state index in [1.54, 1.807) is 48.3 Å². The third-order valence-corrected chi connectivity index (χ3v) is 5.13. The summed E-state index contributed by atoms with van der Waals surface area (Å²) in [5.74, 6) is 0.223. The molecule has 7 nitrogen and oxygen atoms in total. The minimum Gasteiger partial charge on any atom is -0.495 e. The molecule has 0 aromatic heterocycles. The lowest BCUT2D eigenvalue weighted by Crippen LogP contribution is -2.34. The van der Waals surface area contributed by atoms with Crippen LogP contribution in [0.5, 0.6) is 5.75 Å². The van der Waals surface area contributed by atoms with Crippen molar-refractivity contribution < 1.29 is 14.5 Å². The van der Waals surface area contributed by atoms with Crippen molar-refractivity contribution in [1.29, 1.82) is 0 Å². The van der Waals surface area contributed by atoms with Crippen LogP contribution in [0.4, 0.5) is 11.4 Å². The number of hydrogen-bond acceptors (Lipinski definition) is 5. The maximum atomic E-state index is 13.3. The van der Waals surface area contributed by atoms with Crippen LogP contribution in [0.25, 0.3) is 0 Å². The second-order valence-electron chi connectivity index (χ2n) is 6.95. The maximum absolute atomic E-state index is 13.3. The van der Waals surface area contributed by atoms with Gasteiger partial charge in [-0.3, -0.25) is 19.8 Å². The van der Waals surface area contributed by atoms with Crippen LogP contribution in [-0.4, -0.2) is 29.9 Å². The Morgan fingerprint density at radius 1 is 1.13 bits per heavy atom. The van der Waals surface area contributed by atoms with E-state index in [1.165, 1.54) is 13.2 Å². The van der Waals surface area contributed by atoms with Crippen molar-refractivity contribution in [3.63, 3.8) is 0 Å². The first-order valence-electron chi connectivity index (χ1n) is 9.52. The van der Waals surface area contributed by atoms with Gasteiger partial charge in [-0.05, 0) is 30.8 Å². The first-order valence-corrected chi connectivity index (χ1v) is 9.90. The van der Waals surface area contributed by atoms with Gasteiger partial charge in [-0.2, -0.15) is 0 Å². The molecule has 0 aliphatic rings. The lowest BCUT2D eigenvalue weighted by Gasteiger charge is -2.27. The molecular weight excluding hydrogens is 418 g/mol. The summed E-state index contributed by atoms with van der Waals surface area (Å²) in [6.07, 6.45) is 0. The monoisotopic (exact) mass is 439 g/mol. The van der Waals surface area contributed by atoms with Crippen molar-refractivity contribution in [3.8, 4) is 5.75 Å². The number of nitro groups is 1. The average Bonchev–Trinajstić information content (AvgIpc) is 2.75. The number of carbonyl (C=O) groups excluding carboxylic acids is 1. The normalized spacial score (nSPS) is 11.7. The summed E-state index contributed by atoms with van der Waals surface area (Å²) in [6.45, 7) is 0.216. The lowest BCUT2D eigenvalue weighted by molar-refractivity contribution is -0.385. The van der Waals surface area contributed by atoms with Gasteiger partial charge in [0.05, 0.1) is 17.1 Å². The minimum absolute atomic E-state index is 0.0171. The molecule has 1 N–H and O–H groups in total. The summed E-state index contributed by atoms with van der Waals surface area (Å²) in [7, 11) is 3.28. The lowest BCUT2D eigenvalue weighted by atomic mass is 10.0.